The molecule has 0 saturated carbocycles. The number of piperazine rings is 1. The monoisotopic (exact) mass is 306 g/mol. The number of nitrogens with one attached hydrogen (secondary N) is 1. The number of benzene rings is 1. The molecule has 0 aromatic heterocycles. The topological polar surface area (TPSA) is 15.3 Å². The number of rotatable bonds is 7. The molecule has 1 N–H and O–H groups in total. The highest BCUT2D eigenvalue weighted by molar-refractivity contribution is 7.98. The lowest BCUT2D eigenvalue weighted by molar-refractivity contribution is 0.116. The Hall–Kier alpha value is -0.510. The normalized spacial score (nSPS) is 24.9. The van der Waals surface area contributed by atoms with Gasteiger partial charge in [0, 0.05) is 37.5 Å². The van der Waals surface area contributed by atoms with Crippen molar-refractivity contribution in [2.45, 2.75) is 38.8 Å². The largest absolute Gasteiger partial charge is 0.311 e. The van der Waals surface area contributed by atoms with Crippen molar-refractivity contribution in [2.75, 3.05) is 31.6 Å². The Morgan fingerprint density at radius 3 is 2.76 bits per heavy atom. The van der Waals surface area contributed by atoms with Crippen LogP contribution in [0, 0.1) is 5.92 Å². The second-order valence-corrected chi connectivity index (χ2v) is 7.22. The molecule has 2 nitrogen and oxygen atoms in total. The molecule has 21 heavy (non-hydrogen) atoms. The first kappa shape index (κ1) is 16.9. The molecule has 0 aliphatic carbocycles. The summed E-state index contributed by atoms with van der Waals surface area (Å²) in [6.07, 6.45) is 4.63. The minimum atomic E-state index is 0.639. The molecule has 1 aliphatic rings. The third kappa shape index (κ3) is 5.01. The zero-order chi connectivity index (χ0) is 15.1. The lowest BCUT2D eigenvalue weighted by atomic mass is 9.93. The Kier molecular flexibility index (Phi) is 7.08. The molecule has 1 saturated heterocycles. The standard InChI is InChI=1S/C18H30N2S/c1-4-15(2)18-14-20(10-11-21-3)17(13-19-18)12-16-8-6-5-7-9-16/h5-9,15,17-19H,4,10-14H2,1-3H3. The quantitative estimate of drug-likeness (QED) is 0.832. The van der Waals surface area contributed by atoms with Gasteiger partial charge in [-0.3, -0.25) is 4.90 Å². The molecule has 3 heteroatoms. The second kappa shape index (κ2) is 8.82. The van der Waals surface area contributed by atoms with Crippen molar-refractivity contribution in [2.24, 2.45) is 5.92 Å². The van der Waals surface area contributed by atoms with E-state index in [1.54, 1.807) is 0 Å². The predicted octanol–water partition coefficient (Wildman–Crippen LogP) is 3.28. The van der Waals surface area contributed by atoms with Crippen LogP contribution in [-0.4, -0.2) is 48.6 Å². The number of hydrogen-bond acceptors (Lipinski definition) is 3. The molecule has 0 spiro atoms. The minimum absolute atomic E-state index is 0.639. The van der Waals surface area contributed by atoms with Gasteiger partial charge >= 0.3 is 0 Å². The summed E-state index contributed by atoms with van der Waals surface area (Å²) in [6.45, 7) is 8.22. The van der Waals surface area contributed by atoms with E-state index in [1.807, 2.05) is 11.8 Å². The summed E-state index contributed by atoms with van der Waals surface area (Å²) < 4.78 is 0. The van der Waals surface area contributed by atoms with Crippen molar-refractivity contribution >= 4 is 11.8 Å². The lowest BCUT2D eigenvalue weighted by Crippen LogP contribution is -2.59. The fraction of sp³-hybridized carbons (Fsp3) is 0.667. The van der Waals surface area contributed by atoms with E-state index in [0.29, 0.717) is 12.1 Å². The highest BCUT2D eigenvalue weighted by atomic mass is 32.2. The third-order valence-electron chi connectivity index (χ3n) is 4.79. The summed E-state index contributed by atoms with van der Waals surface area (Å²) in [6, 6.07) is 12.2. The van der Waals surface area contributed by atoms with Gasteiger partial charge in [-0.25, -0.2) is 0 Å². The van der Waals surface area contributed by atoms with Gasteiger partial charge in [-0.15, -0.1) is 0 Å². The van der Waals surface area contributed by atoms with Crippen LogP contribution in [-0.2, 0) is 6.42 Å². The Labute approximate surface area is 134 Å². The van der Waals surface area contributed by atoms with Gasteiger partial charge in [0.05, 0.1) is 0 Å². The molecule has 1 heterocycles. The van der Waals surface area contributed by atoms with Crippen LogP contribution in [0.1, 0.15) is 25.8 Å². The van der Waals surface area contributed by atoms with Crippen molar-refractivity contribution in [3.8, 4) is 0 Å². The van der Waals surface area contributed by atoms with Gasteiger partial charge in [0.15, 0.2) is 0 Å². The summed E-state index contributed by atoms with van der Waals surface area (Å²) in [4.78, 5) is 2.72. The van der Waals surface area contributed by atoms with Gasteiger partial charge in [-0.05, 0) is 24.2 Å². The molecule has 118 valence electrons. The van der Waals surface area contributed by atoms with E-state index in [9.17, 15) is 0 Å². The molecule has 1 fully saturated rings. The first-order chi connectivity index (χ1) is 10.2. The third-order valence-corrected chi connectivity index (χ3v) is 5.38. The summed E-state index contributed by atoms with van der Waals surface area (Å²) in [7, 11) is 0. The highest BCUT2D eigenvalue weighted by Crippen LogP contribution is 2.18. The summed E-state index contributed by atoms with van der Waals surface area (Å²) in [5.41, 5.74) is 1.46. The van der Waals surface area contributed by atoms with Crippen molar-refractivity contribution < 1.29 is 0 Å². The molecule has 3 atom stereocenters. The molecule has 1 aromatic carbocycles. The van der Waals surface area contributed by atoms with Crippen LogP contribution in [0.15, 0.2) is 30.3 Å². The number of nitrogens with zero attached hydrogens (tertiary/aromatic N) is 1. The first-order valence-electron chi connectivity index (χ1n) is 8.24. The average molecular weight is 307 g/mol. The van der Waals surface area contributed by atoms with Crippen LogP contribution in [0.5, 0.6) is 0 Å². The van der Waals surface area contributed by atoms with Crippen LogP contribution in [0.4, 0.5) is 0 Å². The van der Waals surface area contributed by atoms with E-state index in [2.05, 4.69) is 60.7 Å². The Balaban J connectivity index is 1.98. The fourth-order valence-corrected chi connectivity index (χ4v) is 3.54. The Bertz CT molecular complexity index is 395. The van der Waals surface area contributed by atoms with Gasteiger partial charge in [0.2, 0.25) is 0 Å². The SMILES string of the molecule is CCC(C)C1CN(CCSC)C(Cc2ccccc2)CN1. The molecule has 0 radical (unpaired) electrons. The predicted molar refractivity (Wildman–Crippen MR) is 95.1 cm³/mol. The summed E-state index contributed by atoms with van der Waals surface area (Å²) in [5, 5.41) is 3.80. The van der Waals surface area contributed by atoms with Crippen LogP contribution in [0.3, 0.4) is 0 Å². The van der Waals surface area contributed by atoms with Gasteiger partial charge < -0.3 is 5.32 Å². The molecule has 3 unspecified atom stereocenters. The van der Waals surface area contributed by atoms with Crippen molar-refractivity contribution in [3.05, 3.63) is 35.9 Å². The molecule has 2 rings (SSSR count). The van der Waals surface area contributed by atoms with Crippen LogP contribution < -0.4 is 5.32 Å². The molecular formula is C18H30N2S. The fourth-order valence-electron chi connectivity index (χ4n) is 3.12. The molecule has 0 bridgehead atoms. The lowest BCUT2D eigenvalue weighted by Gasteiger charge is -2.42. The molecule has 0 amide bonds. The Morgan fingerprint density at radius 1 is 1.33 bits per heavy atom. The van der Waals surface area contributed by atoms with E-state index < -0.39 is 0 Å². The molecule has 1 aromatic rings. The van der Waals surface area contributed by atoms with Crippen molar-refractivity contribution in [1.82, 2.24) is 10.2 Å². The highest BCUT2D eigenvalue weighted by Gasteiger charge is 2.29. The zero-order valence-corrected chi connectivity index (χ0v) is 14.5. The van der Waals surface area contributed by atoms with E-state index in [0.717, 1.165) is 18.9 Å². The maximum Gasteiger partial charge on any atom is 0.0262 e. The molecular weight excluding hydrogens is 276 g/mol. The van der Waals surface area contributed by atoms with E-state index in [1.165, 1.54) is 30.8 Å². The van der Waals surface area contributed by atoms with E-state index in [4.69, 9.17) is 0 Å². The van der Waals surface area contributed by atoms with E-state index >= 15 is 0 Å². The Morgan fingerprint density at radius 2 is 2.10 bits per heavy atom. The summed E-state index contributed by atoms with van der Waals surface area (Å²) in [5.74, 6) is 2.00. The minimum Gasteiger partial charge on any atom is -0.311 e. The van der Waals surface area contributed by atoms with Crippen molar-refractivity contribution in [3.63, 3.8) is 0 Å². The van der Waals surface area contributed by atoms with Crippen LogP contribution in [0.2, 0.25) is 0 Å². The summed E-state index contributed by atoms with van der Waals surface area (Å²) >= 11 is 1.96. The van der Waals surface area contributed by atoms with Crippen LogP contribution >= 0.6 is 11.8 Å². The van der Waals surface area contributed by atoms with Crippen LogP contribution in [0.25, 0.3) is 0 Å². The van der Waals surface area contributed by atoms with Gasteiger partial charge in [-0.2, -0.15) is 11.8 Å². The number of hydrogen-bond donors (Lipinski definition) is 1. The van der Waals surface area contributed by atoms with Crippen molar-refractivity contribution in [1.29, 1.82) is 0 Å². The zero-order valence-electron chi connectivity index (χ0n) is 13.7. The van der Waals surface area contributed by atoms with Gasteiger partial charge in [0.25, 0.3) is 0 Å². The maximum atomic E-state index is 3.80. The van der Waals surface area contributed by atoms with Gasteiger partial charge in [0.1, 0.15) is 0 Å². The number of thioether (sulfide) groups is 1. The average Bonchev–Trinajstić information content (AvgIpc) is 2.54. The smallest absolute Gasteiger partial charge is 0.0262 e. The van der Waals surface area contributed by atoms with Gasteiger partial charge in [-0.1, -0.05) is 50.6 Å². The molecule has 1 aliphatic heterocycles. The first-order valence-corrected chi connectivity index (χ1v) is 9.64. The maximum absolute atomic E-state index is 3.80. The van der Waals surface area contributed by atoms with E-state index in [-0.39, 0.29) is 0 Å². The second-order valence-electron chi connectivity index (χ2n) is 6.23.